The topological polar surface area (TPSA) is 93.4 Å². The quantitative estimate of drug-likeness (QED) is 0.762. The Kier molecular flexibility index (Phi) is 6.10. The van der Waals surface area contributed by atoms with Crippen LogP contribution in [0.1, 0.15) is 32.7 Å². The number of carbonyl (C=O) groups excluding carboxylic acids is 1. The second-order valence-corrected chi connectivity index (χ2v) is 9.33. The van der Waals surface area contributed by atoms with Crippen molar-refractivity contribution in [1.82, 2.24) is 9.29 Å². The van der Waals surface area contributed by atoms with E-state index in [2.05, 4.69) is 4.98 Å². The van der Waals surface area contributed by atoms with Crippen LogP contribution in [-0.2, 0) is 15.8 Å². The number of pyridine rings is 1. The van der Waals surface area contributed by atoms with Gasteiger partial charge in [0.1, 0.15) is 5.03 Å². The lowest BCUT2D eigenvalue weighted by Crippen LogP contribution is -2.22. The highest BCUT2D eigenvalue weighted by Crippen LogP contribution is 2.29. The van der Waals surface area contributed by atoms with E-state index in [1.165, 1.54) is 30.2 Å². The van der Waals surface area contributed by atoms with Crippen LogP contribution in [0.4, 0.5) is 0 Å². The summed E-state index contributed by atoms with van der Waals surface area (Å²) in [7, 11) is -0.493. The zero-order valence-corrected chi connectivity index (χ0v) is 17.2. The minimum Gasteiger partial charge on any atom is -0.366 e. The summed E-state index contributed by atoms with van der Waals surface area (Å²) in [5.41, 5.74) is 9.41. The molecule has 1 amide bonds. The molecule has 0 aliphatic heterocycles. The van der Waals surface area contributed by atoms with Gasteiger partial charge in [0.15, 0.2) is 0 Å². The lowest BCUT2D eigenvalue weighted by molar-refractivity contribution is 0.0996. The molecule has 1 aromatic carbocycles. The van der Waals surface area contributed by atoms with Crippen molar-refractivity contribution in [2.45, 2.75) is 36.4 Å². The molecule has 0 fully saturated rings. The number of nitrogens with zero attached hydrogens (tertiary/aromatic N) is 2. The summed E-state index contributed by atoms with van der Waals surface area (Å²) in [6, 6.07) is 6.76. The van der Waals surface area contributed by atoms with Crippen molar-refractivity contribution < 1.29 is 13.2 Å². The Bertz CT molecular complexity index is 954. The van der Waals surface area contributed by atoms with Crippen molar-refractivity contribution in [3.8, 4) is 0 Å². The zero-order chi connectivity index (χ0) is 19.6. The molecule has 0 atom stereocenters. The number of rotatable bonds is 6. The van der Waals surface area contributed by atoms with Gasteiger partial charge >= 0.3 is 0 Å². The highest BCUT2D eigenvalue weighted by Gasteiger charge is 2.19. The predicted octanol–water partition coefficient (Wildman–Crippen LogP) is 2.65. The smallest absolute Gasteiger partial charge is 0.251 e. The van der Waals surface area contributed by atoms with Crippen molar-refractivity contribution >= 4 is 27.7 Å². The second-order valence-electron chi connectivity index (χ2n) is 6.22. The minimum absolute atomic E-state index is 0.236. The average Bonchev–Trinajstić information content (AvgIpc) is 2.57. The van der Waals surface area contributed by atoms with Gasteiger partial charge in [-0.05, 0) is 49.6 Å². The van der Waals surface area contributed by atoms with Crippen LogP contribution in [0.2, 0.25) is 0 Å². The first-order chi connectivity index (χ1) is 12.1. The van der Waals surface area contributed by atoms with Gasteiger partial charge in [-0.25, -0.2) is 17.7 Å². The number of thioether (sulfide) groups is 1. The van der Waals surface area contributed by atoms with Gasteiger partial charge < -0.3 is 5.73 Å². The first-order valence-corrected chi connectivity index (χ1v) is 10.4. The minimum atomic E-state index is -3.49. The maximum atomic E-state index is 12.3. The van der Waals surface area contributed by atoms with Crippen LogP contribution < -0.4 is 5.73 Å². The van der Waals surface area contributed by atoms with E-state index in [1.54, 1.807) is 18.2 Å². The Labute approximate surface area is 158 Å². The molecule has 1 aromatic heterocycles. The third kappa shape index (κ3) is 4.08. The van der Waals surface area contributed by atoms with Crippen LogP contribution in [0.5, 0.6) is 0 Å². The lowest BCUT2D eigenvalue weighted by atomic mass is 10.0. The number of primary amides is 1. The lowest BCUT2D eigenvalue weighted by Gasteiger charge is -2.14. The van der Waals surface area contributed by atoms with Gasteiger partial charge in [-0.3, -0.25) is 4.79 Å². The number of hydrogen-bond acceptors (Lipinski definition) is 5. The molecule has 0 aliphatic carbocycles. The highest BCUT2D eigenvalue weighted by molar-refractivity contribution is 7.98. The molecule has 6 nitrogen and oxygen atoms in total. The maximum absolute atomic E-state index is 12.3. The number of benzene rings is 1. The van der Waals surface area contributed by atoms with Gasteiger partial charge in [-0.1, -0.05) is 12.1 Å². The fraction of sp³-hybridized carbons (Fsp3) is 0.333. The molecule has 26 heavy (non-hydrogen) atoms. The van der Waals surface area contributed by atoms with Crippen LogP contribution in [0.25, 0.3) is 0 Å². The summed E-state index contributed by atoms with van der Waals surface area (Å²) >= 11 is 1.37. The van der Waals surface area contributed by atoms with E-state index in [0.717, 1.165) is 22.4 Å². The summed E-state index contributed by atoms with van der Waals surface area (Å²) in [4.78, 5) is 16.6. The Morgan fingerprint density at radius 2 is 1.85 bits per heavy atom. The molecule has 1 heterocycles. The molecule has 0 spiro atoms. The predicted molar refractivity (Wildman–Crippen MR) is 104 cm³/mol. The van der Waals surface area contributed by atoms with E-state index >= 15 is 0 Å². The Morgan fingerprint density at radius 3 is 2.42 bits per heavy atom. The summed E-state index contributed by atoms with van der Waals surface area (Å²) in [6.45, 7) is 5.66. The third-order valence-corrected chi connectivity index (χ3v) is 7.12. The van der Waals surface area contributed by atoms with E-state index in [9.17, 15) is 13.2 Å². The molecule has 8 heteroatoms. The van der Waals surface area contributed by atoms with Crippen LogP contribution in [0.3, 0.4) is 0 Å². The van der Waals surface area contributed by atoms with E-state index in [1.807, 2.05) is 26.8 Å². The van der Waals surface area contributed by atoms with Crippen LogP contribution in [0.15, 0.2) is 34.2 Å². The number of aryl methyl sites for hydroxylation is 1. The largest absolute Gasteiger partial charge is 0.366 e. The Hall–Kier alpha value is -1.90. The standard InChI is InChI=1S/C18H23N3O3S2/c1-11-12(2)16(17(19)22)18(20-13(11)3)25-10-14-7-6-8-15(9-14)26(23,24)21(4)5/h6-9H,10H2,1-5H3,(H2,19,22). The molecule has 0 saturated heterocycles. The van der Waals surface area contributed by atoms with Crippen molar-refractivity contribution in [2.24, 2.45) is 5.73 Å². The first-order valence-electron chi connectivity index (χ1n) is 7.97. The number of nitrogens with two attached hydrogens (primary N) is 1. The Balaban J connectivity index is 2.35. The third-order valence-electron chi connectivity index (χ3n) is 4.26. The van der Waals surface area contributed by atoms with Gasteiger partial charge in [-0.15, -0.1) is 11.8 Å². The number of amides is 1. The summed E-state index contributed by atoms with van der Waals surface area (Å²) in [6.07, 6.45) is 0. The molecule has 2 N–H and O–H groups in total. The summed E-state index contributed by atoms with van der Waals surface area (Å²) in [5, 5.41) is 0.568. The normalized spacial score (nSPS) is 11.8. The first kappa shape index (κ1) is 20.4. The fourth-order valence-corrected chi connectivity index (χ4v) is 4.52. The van der Waals surface area contributed by atoms with Gasteiger partial charge in [0.05, 0.1) is 10.5 Å². The van der Waals surface area contributed by atoms with Crippen LogP contribution >= 0.6 is 11.8 Å². The number of hydrogen-bond donors (Lipinski definition) is 1. The monoisotopic (exact) mass is 393 g/mol. The molecule has 2 rings (SSSR count). The van der Waals surface area contributed by atoms with Crippen molar-refractivity contribution in [3.63, 3.8) is 0 Å². The van der Waals surface area contributed by atoms with Crippen molar-refractivity contribution in [2.75, 3.05) is 14.1 Å². The van der Waals surface area contributed by atoms with E-state index < -0.39 is 15.9 Å². The maximum Gasteiger partial charge on any atom is 0.251 e. The highest BCUT2D eigenvalue weighted by atomic mass is 32.2. The number of carbonyl (C=O) groups is 1. The summed E-state index contributed by atoms with van der Waals surface area (Å²) in [5.74, 6) is -0.0315. The molecule has 0 bridgehead atoms. The summed E-state index contributed by atoms with van der Waals surface area (Å²) < 4.78 is 25.7. The Morgan fingerprint density at radius 1 is 1.19 bits per heavy atom. The van der Waals surface area contributed by atoms with Gasteiger partial charge in [0, 0.05) is 25.5 Å². The van der Waals surface area contributed by atoms with E-state index in [-0.39, 0.29) is 4.90 Å². The van der Waals surface area contributed by atoms with Gasteiger partial charge in [-0.2, -0.15) is 0 Å². The molecule has 140 valence electrons. The van der Waals surface area contributed by atoms with Crippen LogP contribution in [-0.4, -0.2) is 37.7 Å². The molecular formula is C18H23N3O3S2. The molecular weight excluding hydrogens is 370 g/mol. The van der Waals surface area contributed by atoms with Gasteiger partial charge in [0.2, 0.25) is 10.0 Å². The SMILES string of the molecule is Cc1nc(SCc2cccc(S(=O)(=O)N(C)C)c2)c(C(N)=O)c(C)c1C. The molecule has 0 unspecified atom stereocenters. The van der Waals surface area contributed by atoms with E-state index in [4.69, 9.17) is 5.73 Å². The number of sulfonamides is 1. The molecule has 0 radical (unpaired) electrons. The van der Waals surface area contributed by atoms with Crippen molar-refractivity contribution in [1.29, 1.82) is 0 Å². The fourth-order valence-electron chi connectivity index (χ4n) is 2.46. The van der Waals surface area contributed by atoms with Crippen molar-refractivity contribution in [3.05, 3.63) is 52.2 Å². The molecule has 0 aliphatic rings. The second kappa shape index (κ2) is 7.77. The van der Waals surface area contributed by atoms with Gasteiger partial charge in [0.25, 0.3) is 5.91 Å². The average molecular weight is 394 g/mol. The molecule has 0 saturated carbocycles. The number of aromatic nitrogens is 1. The zero-order valence-electron chi connectivity index (χ0n) is 15.5. The molecule has 2 aromatic rings. The van der Waals surface area contributed by atoms with E-state index in [0.29, 0.717) is 16.3 Å². The van der Waals surface area contributed by atoms with Crippen LogP contribution in [0, 0.1) is 20.8 Å².